The Morgan fingerprint density at radius 3 is 2.85 bits per heavy atom. The average Bonchev–Trinajstić information content (AvgIpc) is 3.36. The van der Waals surface area contributed by atoms with Crippen molar-refractivity contribution in [2.75, 3.05) is 46.4 Å². The molecule has 2 N–H and O–H groups in total. The zero-order chi connectivity index (χ0) is 18.4. The molecule has 0 aromatic heterocycles. The van der Waals surface area contributed by atoms with Gasteiger partial charge in [0.2, 0.25) is 0 Å². The molecule has 1 aromatic carbocycles. The number of aliphatic hydroxyl groups excluding tert-OH is 1. The minimum absolute atomic E-state index is 0. The fraction of sp³-hybridized carbons (Fsp3) is 0.550. The highest BCUT2D eigenvalue weighted by Gasteiger charge is 2.29. The number of ether oxygens (including phenoxy) is 1. The third kappa shape index (κ3) is 5.83. The molecule has 3 rings (SSSR count). The fourth-order valence-corrected chi connectivity index (χ4v) is 3.58. The standard InChI is InChI=1S/C20H30N4O2.HI/c1-3-21-20(24-12-9-17(15-24)23-10-4-5-11-23)22-14-19(25)16-7-6-8-18(13-16)26-2;/h4-8,13,17,19,25H,3,9-12,14-15H2,1-2H3,(H,21,22);1H. The maximum absolute atomic E-state index is 10.5. The number of nitrogens with zero attached hydrogens (tertiary/aromatic N) is 3. The van der Waals surface area contributed by atoms with Gasteiger partial charge >= 0.3 is 0 Å². The number of benzene rings is 1. The summed E-state index contributed by atoms with van der Waals surface area (Å²) in [4.78, 5) is 9.51. The summed E-state index contributed by atoms with van der Waals surface area (Å²) in [5, 5.41) is 13.9. The van der Waals surface area contributed by atoms with E-state index in [2.05, 4.69) is 34.2 Å². The second kappa shape index (κ2) is 10.9. The van der Waals surface area contributed by atoms with E-state index >= 15 is 0 Å². The third-order valence-corrected chi connectivity index (χ3v) is 5.05. The van der Waals surface area contributed by atoms with Crippen molar-refractivity contribution in [1.29, 1.82) is 0 Å². The molecule has 27 heavy (non-hydrogen) atoms. The number of methoxy groups -OCH3 is 1. The Bertz CT molecular complexity index is 645. The van der Waals surface area contributed by atoms with Gasteiger partial charge in [0.15, 0.2) is 5.96 Å². The van der Waals surface area contributed by atoms with E-state index in [-0.39, 0.29) is 24.0 Å². The lowest BCUT2D eigenvalue weighted by atomic mass is 10.1. The van der Waals surface area contributed by atoms with E-state index < -0.39 is 6.10 Å². The summed E-state index contributed by atoms with van der Waals surface area (Å²) in [6, 6.07) is 8.11. The predicted octanol–water partition coefficient (Wildman–Crippen LogP) is 2.26. The molecule has 0 radical (unpaired) electrons. The number of likely N-dealkylation sites (tertiary alicyclic amines) is 1. The molecule has 1 aromatic rings. The van der Waals surface area contributed by atoms with Gasteiger partial charge < -0.3 is 20.1 Å². The number of rotatable bonds is 6. The lowest BCUT2D eigenvalue weighted by molar-refractivity contribution is 0.186. The van der Waals surface area contributed by atoms with Gasteiger partial charge in [-0.25, -0.2) is 0 Å². The van der Waals surface area contributed by atoms with Gasteiger partial charge in [-0.2, -0.15) is 0 Å². The zero-order valence-electron chi connectivity index (χ0n) is 16.2. The molecule has 2 atom stereocenters. The van der Waals surface area contributed by atoms with Crippen LogP contribution in [0, 0.1) is 0 Å². The Morgan fingerprint density at radius 1 is 1.37 bits per heavy atom. The van der Waals surface area contributed by atoms with Gasteiger partial charge in [0, 0.05) is 38.8 Å². The Hall–Kier alpha value is -1.32. The molecule has 0 aliphatic carbocycles. The SMILES string of the molecule is CCNC(=NCC(O)c1cccc(OC)c1)N1CCC(N2CC=CC2)C1.I. The molecule has 1 fully saturated rings. The summed E-state index contributed by atoms with van der Waals surface area (Å²) >= 11 is 0. The van der Waals surface area contributed by atoms with Crippen LogP contribution >= 0.6 is 24.0 Å². The minimum atomic E-state index is -0.639. The van der Waals surface area contributed by atoms with Crippen LogP contribution in [-0.4, -0.2) is 73.3 Å². The summed E-state index contributed by atoms with van der Waals surface area (Å²) in [6.45, 7) is 7.33. The summed E-state index contributed by atoms with van der Waals surface area (Å²) < 4.78 is 5.23. The average molecular weight is 486 g/mol. The van der Waals surface area contributed by atoms with Crippen molar-refractivity contribution in [2.24, 2.45) is 4.99 Å². The quantitative estimate of drug-likeness (QED) is 0.280. The van der Waals surface area contributed by atoms with Crippen molar-refractivity contribution in [1.82, 2.24) is 15.1 Å². The van der Waals surface area contributed by atoms with Crippen LogP contribution < -0.4 is 10.1 Å². The number of aliphatic imine (C=N–C) groups is 1. The van der Waals surface area contributed by atoms with Crippen LogP contribution in [-0.2, 0) is 0 Å². The molecule has 6 nitrogen and oxygen atoms in total. The van der Waals surface area contributed by atoms with E-state index in [1.54, 1.807) is 7.11 Å². The summed E-state index contributed by atoms with van der Waals surface area (Å²) in [7, 11) is 1.63. The van der Waals surface area contributed by atoms with Gasteiger partial charge in [-0.1, -0.05) is 24.3 Å². The molecule has 150 valence electrons. The van der Waals surface area contributed by atoms with Crippen LogP contribution in [0.1, 0.15) is 25.0 Å². The molecule has 0 saturated carbocycles. The number of hydrogen-bond acceptors (Lipinski definition) is 4. The fourth-order valence-electron chi connectivity index (χ4n) is 3.58. The monoisotopic (exact) mass is 486 g/mol. The van der Waals surface area contributed by atoms with E-state index in [0.717, 1.165) is 56.4 Å². The van der Waals surface area contributed by atoms with Gasteiger partial charge in [0.1, 0.15) is 5.75 Å². The number of aliphatic hydroxyl groups is 1. The molecule has 0 amide bonds. The summed E-state index contributed by atoms with van der Waals surface area (Å²) in [5.74, 6) is 1.64. The molecule has 0 spiro atoms. The van der Waals surface area contributed by atoms with Crippen LogP contribution in [0.3, 0.4) is 0 Å². The minimum Gasteiger partial charge on any atom is -0.497 e. The number of nitrogens with one attached hydrogen (secondary N) is 1. The molecular formula is C20H31IN4O2. The van der Waals surface area contributed by atoms with E-state index in [9.17, 15) is 5.11 Å². The highest BCUT2D eigenvalue weighted by molar-refractivity contribution is 14.0. The lowest BCUT2D eigenvalue weighted by Crippen LogP contribution is -2.43. The van der Waals surface area contributed by atoms with Crippen LogP contribution in [0.2, 0.25) is 0 Å². The highest BCUT2D eigenvalue weighted by Crippen LogP contribution is 2.20. The summed E-state index contributed by atoms with van der Waals surface area (Å²) in [6.07, 6.45) is 5.00. The molecule has 2 aliphatic heterocycles. The normalized spacial score (nSPS) is 21.2. The Morgan fingerprint density at radius 2 is 2.15 bits per heavy atom. The smallest absolute Gasteiger partial charge is 0.194 e. The molecule has 7 heteroatoms. The third-order valence-electron chi connectivity index (χ3n) is 5.05. The summed E-state index contributed by atoms with van der Waals surface area (Å²) in [5.41, 5.74) is 0.825. The Balaban J connectivity index is 0.00000261. The molecule has 2 heterocycles. The van der Waals surface area contributed by atoms with Gasteiger partial charge in [0.05, 0.1) is 19.8 Å². The maximum atomic E-state index is 10.5. The number of halogens is 1. The Labute approximate surface area is 179 Å². The topological polar surface area (TPSA) is 60.3 Å². The van der Waals surface area contributed by atoms with E-state index in [1.165, 1.54) is 0 Å². The molecule has 2 unspecified atom stereocenters. The highest BCUT2D eigenvalue weighted by atomic mass is 127. The van der Waals surface area contributed by atoms with Crippen molar-refractivity contribution >= 4 is 29.9 Å². The van der Waals surface area contributed by atoms with Crippen LogP contribution in [0.15, 0.2) is 41.4 Å². The second-order valence-corrected chi connectivity index (χ2v) is 6.80. The molecule has 2 aliphatic rings. The second-order valence-electron chi connectivity index (χ2n) is 6.80. The van der Waals surface area contributed by atoms with Gasteiger partial charge in [-0.15, -0.1) is 24.0 Å². The molecule has 1 saturated heterocycles. The molecular weight excluding hydrogens is 455 g/mol. The van der Waals surface area contributed by atoms with Gasteiger partial charge in [0.25, 0.3) is 0 Å². The zero-order valence-corrected chi connectivity index (χ0v) is 18.5. The first-order chi connectivity index (χ1) is 12.7. The van der Waals surface area contributed by atoms with Crippen LogP contribution in [0.5, 0.6) is 5.75 Å². The Kier molecular flexibility index (Phi) is 8.85. The lowest BCUT2D eigenvalue weighted by Gasteiger charge is -2.25. The van der Waals surface area contributed by atoms with Crippen LogP contribution in [0.4, 0.5) is 0 Å². The van der Waals surface area contributed by atoms with Crippen molar-refractivity contribution in [3.05, 3.63) is 42.0 Å². The number of hydrogen-bond donors (Lipinski definition) is 2. The van der Waals surface area contributed by atoms with Gasteiger partial charge in [-0.05, 0) is 31.0 Å². The van der Waals surface area contributed by atoms with Crippen molar-refractivity contribution in [3.63, 3.8) is 0 Å². The van der Waals surface area contributed by atoms with Crippen LogP contribution in [0.25, 0.3) is 0 Å². The van der Waals surface area contributed by atoms with Crippen molar-refractivity contribution in [2.45, 2.75) is 25.5 Å². The van der Waals surface area contributed by atoms with Gasteiger partial charge in [-0.3, -0.25) is 9.89 Å². The van der Waals surface area contributed by atoms with E-state index in [0.29, 0.717) is 12.6 Å². The van der Waals surface area contributed by atoms with Crippen molar-refractivity contribution < 1.29 is 9.84 Å². The molecule has 0 bridgehead atoms. The predicted molar refractivity (Wildman–Crippen MR) is 120 cm³/mol. The first kappa shape index (κ1) is 22.0. The van der Waals surface area contributed by atoms with E-state index in [1.807, 2.05) is 24.3 Å². The first-order valence-corrected chi connectivity index (χ1v) is 9.45. The largest absolute Gasteiger partial charge is 0.497 e. The number of guanidine groups is 1. The van der Waals surface area contributed by atoms with Crippen molar-refractivity contribution in [3.8, 4) is 5.75 Å². The maximum Gasteiger partial charge on any atom is 0.194 e. The van der Waals surface area contributed by atoms with E-state index in [4.69, 9.17) is 9.73 Å². The first-order valence-electron chi connectivity index (χ1n) is 9.45.